The number of thiophene rings is 1. The molecule has 0 unspecified atom stereocenters. The van der Waals surface area contributed by atoms with Crippen molar-refractivity contribution < 1.29 is 0 Å². The Labute approximate surface area is 157 Å². The van der Waals surface area contributed by atoms with Crippen LogP contribution in [0.2, 0.25) is 0 Å². The van der Waals surface area contributed by atoms with Gasteiger partial charge in [-0.25, -0.2) is 4.99 Å². The van der Waals surface area contributed by atoms with Gasteiger partial charge in [0.1, 0.15) is 5.82 Å². The molecule has 0 amide bonds. The van der Waals surface area contributed by atoms with Gasteiger partial charge in [-0.1, -0.05) is 6.07 Å². The maximum absolute atomic E-state index is 4.70. The van der Waals surface area contributed by atoms with Gasteiger partial charge in [-0.05, 0) is 36.4 Å². The lowest BCUT2D eigenvalue weighted by Crippen LogP contribution is -2.38. The van der Waals surface area contributed by atoms with E-state index in [0.29, 0.717) is 13.1 Å². The SMILES string of the molecule is Cc1nnc(CNC(=NCc2ccn(C)c2)NCCc2cccs2)n1C. The molecule has 8 heteroatoms. The average Bonchev–Trinajstić information content (AvgIpc) is 3.35. The van der Waals surface area contributed by atoms with Crippen molar-refractivity contribution >= 4 is 17.3 Å². The minimum atomic E-state index is 0.580. The van der Waals surface area contributed by atoms with Crippen molar-refractivity contribution in [3.63, 3.8) is 0 Å². The van der Waals surface area contributed by atoms with Gasteiger partial charge in [-0.2, -0.15) is 0 Å². The van der Waals surface area contributed by atoms with Crippen LogP contribution in [0.15, 0.2) is 41.0 Å². The van der Waals surface area contributed by atoms with Gasteiger partial charge in [0.25, 0.3) is 0 Å². The quantitative estimate of drug-likeness (QED) is 0.492. The highest BCUT2D eigenvalue weighted by atomic mass is 32.1. The molecule has 0 bridgehead atoms. The van der Waals surface area contributed by atoms with Crippen molar-refractivity contribution in [2.75, 3.05) is 6.54 Å². The monoisotopic (exact) mass is 371 g/mol. The summed E-state index contributed by atoms with van der Waals surface area (Å²) in [4.78, 5) is 6.07. The van der Waals surface area contributed by atoms with Gasteiger partial charge in [0.15, 0.2) is 11.8 Å². The third kappa shape index (κ3) is 4.95. The summed E-state index contributed by atoms with van der Waals surface area (Å²) in [6.45, 7) is 3.99. The number of hydrogen-bond acceptors (Lipinski definition) is 4. The van der Waals surface area contributed by atoms with E-state index in [1.54, 1.807) is 11.3 Å². The van der Waals surface area contributed by atoms with Crippen LogP contribution in [-0.2, 0) is 33.6 Å². The molecule has 0 fully saturated rings. The molecule has 0 atom stereocenters. The first-order valence-corrected chi connectivity index (χ1v) is 9.50. The Morgan fingerprint density at radius 3 is 2.77 bits per heavy atom. The number of nitrogens with zero attached hydrogens (tertiary/aromatic N) is 5. The van der Waals surface area contributed by atoms with Gasteiger partial charge < -0.3 is 19.8 Å². The summed E-state index contributed by atoms with van der Waals surface area (Å²) in [5.41, 5.74) is 1.18. The zero-order valence-corrected chi connectivity index (χ0v) is 16.3. The largest absolute Gasteiger partial charge is 0.357 e. The summed E-state index contributed by atoms with van der Waals surface area (Å²) in [6.07, 6.45) is 5.09. The molecule has 0 aliphatic heterocycles. The summed E-state index contributed by atoms with van der Waals surface area (Å²) in [7, 11) is 3.99. The number of nitrogens with one attached hydrogen (secondary N) is 2. The lowest BCUT2D eigenvalue weighted by atomic mass is 10.3. The summed E-state index contributed by atoms with van der Waals surface area (Å²) in [6, 6.07) is 6.32. The Kier molecular flexibility index (Phi) is 6.06. The fraction of sp³-hybridized carbons (Fsp3) is 0.389. The van der Waals surface area contributed by atoms with Crippen LogP contribution in [0.25, 0.3) is 0 Å². The van der Waals surface area contributed by atoms with Gasteiger partial charge in [0.05, 0.1) is 13.1 Å². The molecule has 0 aromatic carbocycles. The standard InChI is InChI=1S/C18H25N7S/c1-14-22-23-17(25(14)3)12-21-18(19-8-6-16-5-4-10-26-16)20-11-15-7-9-24(2)13-15/h4-5,7,9-10,13H,6,8,11-12H2,1-3H3,(H2,19,20,21). The van der Waals surface area contributed by atoms with Crippen molar-refractivity contribution in [1.29, 1.82) is 0 Å². The van der Waals surface area contributed by atoms with Gasteiger partial charge in [-0.15, -0.1) is 21.5 Å². The van der Waals surface area contributed by atoms with Gasteiger partial charge in [0.2, 0.25) is 0 Å². The highest BCUT2D eigenvalue weighted by Gasteiger charge is 2.06. The summed E-state index contributed by atoms with van der Waals surface area (Å²) >= 11 is 1.78. The Morgan fingerprint density at radius 1 is 1.23 bits per heavy atom. The van der Waals surface area contributed by atoms with Crippen LogP contribution in [0.3, 0.4) is 0 Å². The number of guanidine groups is 1. The Bertz CT molecular complexity index is 845. The van der Waals surface area contributed by atoms with Crippen molar-refractivity contribution in [3.8, 4) is 0 Å². The van der Waals surface area contributed by atoms with Crippen LogP contribution in [0.1, 0.15) is 22.1 Å². The van der Waals surface area contributed by atoms with Gasteiger partial charge in [-0.3, -0.25) is 0 Å². The fourth-order valence-corrected chi connectivity index (χ4v) is 3.23. The first-order chi connectivity index (χ1) is 12.6. The second-order valence-electron chi connectivity index (χ2n) is 6.18. The van der Waals surface area contributed by atoms with Crippen LogP contribution in [0.5, 0.6) is 0 Å². The highest BCUT2D eigenvalue weighted by Crippen LogP contribution is 2.08. The average molecular weight is 372 g/mol. The molecule has 138 valence electrons. The molecule has 0 spiro atoms. The summed E-state index contributed by atoms with van der Waals surface area (Å²) in [5.74, 6) is 2.57. The van der Waals surface area contributed by atoms with Crippen molar-refractivity contribution in [3.05, 3.63) is 58.1 Å². The molecule has 3 aromatic heterocycles. The summed E-state index contributed by atoms with van der Waals surface area (Å²) < 4.78 is 4.01. The molecule has 0 aliphatic carbocycles. The lowest BCUT2D eigenvalue weighted by molar-refractivity contribution is 0.713. The van der Waals surface area contributed by atoms with E-state index >= 15 is 0 Å². The third-order valence-electron chi connectivity index (χ3n) is 4.15. The zero-order valence-electron chi connectivity index (χ0n) is 15.4. The first kappa shape index (κ1) is 18.2. The molecule has 3 aromatic rings. The van der Waals surface area contributed by atoms with E-state index in [0.717, 1.165) is 30.6 Å². The van der Waals surface area contributed by atoms with E-state index in [2.05, 4.69) is 50.6 Å². The molecule has 0 aliphatic rings. The molecule has 7 nitrogen and oxygen atoms in total. The van der Waals surface area contributed by atoms with Crippen molar-refractivity contribution in [1.82, 2.24) is 30.0 Å². The predicted molar refractivity (Wildman–Crippen MR) is 105 cm³/mol. The minimum absolute atomic E-state index is 0.580. The number of aromatic nitrogens is 4. The molecule has 0 saturated heterocycles. The van der Waals surface area contributed by atoms with Gasteiger partial charge >= 0.3 is 0 Å². The minimum Gasteiger partial charge on any atom is -0.357 e. The van der Waals surface area contributed by atoms with E-state index in [-0.39, 0.29) is 0 Å². The van der Waals surface area contributed by atoms with E-state index in [4.69, 9.17) is 4.99 Å². The Morgan fingerprint density at radius 2 is 2.12 bits per heavy atom. The Balaban J connectivity index is 1.60. The molecule has 2 N–H and O–H groups in total. The Hall–Kier alpha value is -2.61. The van der Waals surface area contributed by atoms with Crippen LogP contribution in [0.4, 0.5) is 0 Å². The lowest BCUT2D eigenvalue weighted by Gasteiger charge is -2.12. The topological polar surface area (TPSA) is 72.1 Å². The van der Waals surface area contributed by atoms with E-state index in [1.807, 2.05) is 36.4 Å². The van der Waals surface area contributed by atoms with E-state index < -0.39 is 0 Å². The van der Waals surface area contributed by atoms with E-state index in [1.165, 1.54) is 10.4 Å². The zero-order chi connectivity index (χ0) is 18.4. The number of aliphatic imine (C=N–C) groups is 1. The van der Waals surface area contributed by atoms with Crippen LogP contribution in [0, 0.1) is 6.92 Å². The molecule has 0 saturated carbocycles. The first-order valence-electron chi connectivity index (χ1n) is 8.62. The van der Waals surface area contributed by atoms with Gasteiger partial charge in [0, 0.05) is 37.9 Å². The molecule has 3 rings (SSSR count). The highest BCUT2D eigenvalue weighted by molar-refractivity contribution is 7.09. The molecular formula is C18H25N7S. The maximum Gasteiger partial charge on any atom is 0.191 e. The second kappa shape index (κ2) is 8.66. The number of hydrogen-bond donors (Lipinski definition) is 2. The third-order valence-corrected chi connectivity index (χ3v) is 5.09. The van der Waals surface area contributed by atoms with E-state index in [9.17, 15) is 0 Å². The smallest absolute Gasteiger partial charge is 0.191 e. The normalized spacial score (nSPS) is 11.7. The van der Waals surface area contributed by atoms with Crippen molar-refractivity contribution in [2.45, 2.75) is 26.4 Å². The molecule has 26 heavy (non-hydrogen) atoms. The second-order valence-corrected chi connectivity index (χ2v) is 7.21. The van der Waals surface area contributed by atoms with Crippen LogP contribution < -0.4 is 10.6 Å². The van der Waals surface area contributed by atoms with Crippen LogP contribution >= 0.6 is 11.3 Å². The van der Waals surface area contributed by atoms with Crippen LogP contribution in [-0.4, -0.2) is 31.8 Å². The maximum atomic E-state index is 4.70. The van der Waals surface area contributed by atoms with Crippen molar-refractivity contribution in [2.24, 2.45) is 19.1 Å². The molecule has 3 heterocycles. The number of rotatable bonds is 7. The fourth-order valence-electron chi connectivity index (χ4n) is 2.53. The molecule has 0 radical (unpaired) electrons. The molecular weight excluding hydrogens is 346 g/mol. The summed E-state index contributed by atoms with van der Waals surface area (Å²) in [5, 5.41) is 17.2. The predicted octanol–water partition coefficient (Wildman–Crippen LogP) is 2.00. The number of aryl methyl sites for hydroxylation is 2.